The van der Waals surface area contributed by atoms with Crippen LogP contribution in [0.3, 0.4) is 0 Å². The highest BCUT2D eigenvalue weighted by Gasteiger charge is 2.52. The zero-order chi connectivity index (χ0) is 29.0. The molecule has 0 bridgehead atoms. The van der Waals surface area contributed by atoms with Crippen molar-refractivity contribution in [3.63, 3.8) is 0 Å². The fraction of sp³-hybridized carbons (Fsp3) is 0.893. The summed E-state index contributed by atoms with van der Waals surface area (Å²) in [4.78, 5) is 34.7. The van der Waals surface area contributed by atoms with Crippen LogP contribution < -0.4 is 0 Å². The first-order chi connectivity index (χ1) is 17.9. The minimum Gasteiger partial charge on any atom is -0.429 e. The van der Waals surface area contributed by atoms with Gasteiger partial charge in [-0.3, -0.25) is 14.4 Å². The number of aliphatic hydroxyl groups excluding tert-OH is 4. The number of esters is 2. The van der Waals surface area contributed by atoms with Crippen LogP contribution in [0.2, 0.25) is 0 Å². The van der Waals surface area contributed by atoms with Crippen LogP contribution in [0, 0.1) is 0 Å². The zero-order valence-corrected chi connectivity index (χ0v) is 23.6. The van der Waals surface area contributed by atoms with Crippen molar-refractivity contribution in [2.24, 2.45) is 0 Å². The van der Waals surface area contributed by atoms with Crippen molar-refractivity contribution in [1.29, 1.82) is 0 Å². The molecule has 0 aromatic rings. The van der Waals surface area contributed by atoms with Gasteiger partial charge in [0.05, 0.1) is 12.2 Å². The van der Waals surface area contributed by atoms with Crippen LogP contribution >= 0.6 is 0 Å². The van der Waals surface area contributed by atoms with E-state index in [2.05, 4.69) is 16.4 Å². The predicted octanol–water partition coefficient (Wildman–Crippen LogP) is 3.42. The van der Waals surface area contributed by atoms with E-state index in [9.17, 15) is 39.9 Å². The van der Waals surface area contributed by atoms with Gasteiger partial charge in [0.1, 0.15) is 0 Å². The molecule has 0 rings (SSSR count). The van der Waals surface area contributed by atoms with Crippen molar-refractivity contribution in [3.8, 4) is 0 Å². The van der Waals surface area contributed by atoms with Crippen molar-refractivity contribution in [3.05, 3.63) is 0 Å². The van der Waals surface area contributed by atoms with Crippen LogP contribution in [-0.4, -0.2) is 73.6 Å². The van der Waals surface area contributed by atoms with Gasteiger partial charge < -0.3 is 35.0 Å². The van der Waals surface area contributed by atoms with Crippen LogP contribution in [-0.2, 0) is 23.9 Å². The van der Waals surface area contributed by atoms with Gasteiger partial charge in [-0.25, -0.2) is 0 Å². The maximum absolute atomic E-state index is 12.3. The van der Waals surface area contributed by atoms with E-state index in [1.807, 2.05) is 0 Å². The van der Waals surface area contributed by atoms with Crippen molar-refractivity contribution < 1.29 is 49.4 Å². The second kappa shape index (κ2) is 21.3. The third-order valence-electron chi connectivity index (χ3n) is 6.54. The maximum Gasteiger partial charge on any atom is 0.307 e. The summed E-state index contributed by atoms with van der Waals surface area (Å²) in [5.41, 5.74) is 0. The number of unbranched alkanes of at least 4 members (excludes halogenated alkanes) is 11. The molecule has 0 spiro atoms. The molecular weight excluding hydrogens is 496 g/mol. The minimum absolute atomic E-state index is 0.210. The lowest BCUT2D eigenvalue weighted by atomic mass is 9.97. The van der Waals surface area contributed by atoms with Crippen LogP contribution in [0.15, 0.2) is 0 Å². The van der Waals surface area contributed by atoms with E-state index in [4.69, 9.17) is 0 Å². The number of carbonyl (C=O) groups excluding carboxylic acids is 3. The number of ketones is 1. The third kappa shape index (κ3) is 17.1. The summed E-state index contributed by atoms with van der Waals surface area (Å²) in [6.07, 6.45) is 9.36. The molecule has 0 heterocycles. The molecule has 5 unspecified atom stereocenters. The molecule has 0 saturated heterocycles. The van der Waals surface area contributed by atoms with Crippen molar-refractivity contribution in [1.82, 2.24) is 0 Å². The topological polar surface area (TPSA) is 171 Å². The first-order valence-corrected chi connectivity index (χ1v) is 14.3. The average Bonchev–Trinajstić information content (AvgIpc) is 2.83. The Morgan fingerprint density at radius 3 is 1.53 bits per heavy atom. The molecule has 10 nitrogen and oxygen atoms in total. The summed E-state index contributed by atoms with van der Waals surface area (Å²) >= 11 is 0. The molecule has 224 valence electrons. The van der Waals surface area contributed by atoms with E-state index in [-0.39, 0.29) is 6.42 Å². The highest BCUT2D eigenvalue weighted by atomic mass is 16.7. The lowest BCUT2D eigenvalue weighted by Gasteiger charge is -2.34. The smallest absolute Gasteiger partial charge is 0.307 e. The number of hydrogen-bond acceptors (Lipinski definition) is 10. The number of carbonyl (C=O) groups is 3. The Kier molecular flexibility index (Phi) is 20.4. The Morgan fingerprint density at radius 1 is 0.658 bits per heavy atom. The molecule has 0 saturated carbocycles. The monoisotopic (exact) mass is 548 g/mol. The van der Waals surface area contributed by atoms with E-state index in [0.29, 0.717) is 19.3 Å². The predicted molar refractivity (Wildman–Crippen MR) is 142 cm³/mol. The molecule has 38 heavy (non-hydrogen) atoms. The second-order valence-electron chi connectivity index (χ2n) is 10.3. The summed E-state index contributed by atoms with van der Waals surface area (Å²) in [5.74, 6) is -6.51. The summed E-state index contributed by atoms with van der Waals surface area (Å²) in [6.45, 7) is 4.00. The largest absolute Gasteiger partial charge is 0.429 e. The molecule has 10 heteroatoms. The van der Waals surface area contributed by atoms with Gasteiger partial charge in [-0.05, 0) is 19.3 Å². The standard InChI is InChI=1S/C28H52O10/c1-4-5-6-7-8-9-10-11-12-13-14-17-23(31)18-15-16-19-24(32)20-25(33)26(34)28(36,38-22(3)30)27(35)37-21(2)29/h23-24,26-27,31-32,34-36H,4-20H2,1-3H3. The number of rotatable bonds is 24. The van der Waals surface area contributed by atoms with Gasteiger partial charge in [-0.2, -0.15) is 0 Å². The fourth-order valence-electron chi connectivity index (χ4n) is 4.34. The van der Waals surface area contributed by atoms with E-state index < -0.39 is 54.5 Å². The van der Waals surface area contributed by atoms with Crippen molar-refractivity contribution in [2.75, 3.05) is 0 Å². The molecular formula is C28H52O10. The van der Waals surface area contributed by atoms with Gasteiger partial charge in [0.2, 0.25) is 0 Å². The lowest BCUT2D eigenvalue weighted by Crippen LogP contribution is -2.59. The summed E-state index contributed by atoms with van der Waals surface area (Å²) in [7, 11) is 0. The number of Topliss-reactive ketones (excluding diaryl/α,β-unsaturated/α-hetero) is 1. The molecule has 5 N–H and O–H groups in total. The number of ether oxygens (including phenoxy) is 2. The van der Waals surface area contributed by atoms with Gasteiger partial charge in [0.15, 0.2) is 11.9 Å². The van der Waals surface area contributed by atoms with Crippen molar-refractivity contribution in [2.45, 2.75) is 160 Å². The molecule has 0 aromatic carbocycles. The molecule has 0 aromatic heterocycles. The van der Waals surface area contributed by atoms with E-state index in [1.165, 1.54) is 57.8 Å². The summed E-state index contributed by atoms with van der Waals surface area (Å²) < 4.78 is 8.84. The average molecular weight is 549 g/mol. The Labute approximate surface area is 227 Å². The Hall–Kier alpha value is -1.59. The fourth-order valence-corrected chi connectivity index (χ4v) is 4.34. The number of aliphatic hydroxyl groups is 5. The number of hydrogen-bond donors (Lipinski definition) is 5. The van der Waals surface area contributed by atoms with Gasteiger partial charge in [-0.15, -0.1) is 0 Å². The summed E-state index contributed by atoms with van der Waals surface area (Å²) in [5, 5.41) is 50.7. The van der Waals surface area contributed by atoms with Gasteiger partial charge >= 0.3 is 17.7 Å². The van der Waals surface area contributed by atoms with Crippen LogP contribution in [0.5, 0.6) is 0 Å². The molecule has 5 atom stereocenters. The lowest BCUT2D eigenvalue weighted by molar-refractivity contribution is -0.326. The highest BCUT2D eigenvalue weighted by Crippen LogP contribution is 2.23. The first kappa shape index (κ1) is 36.4. The highest BCUT2D eigenvalue weighted by molar-refractivity contribution is 5.85. The molecule has 0 aliphatic rings. The molecule has 0 fully saturated rings. The van der Waals surface area contributed by atoms with E-state index in [1.54, 1.807) is 0 Å². The van der Waals surface area contributed by atoms with E-state index in [0.717, 1.165) is 33.1 Å². The Morgan fingerprint density at radius 2 is 1.08 bits per heavy atom. The van der Waals surface area contributed by atoms with Crippen LogP contribution in [0.4, 0.5) is 0 Å². The van der Waals surface area contributed by atoms with Gasteiger partial charge in [0.25, 0.3) is 6.29 Å². The maximum atomic E-state index is 12.3. The molecule has 0 aliphatic carbocycles. The van der Waals surface area contributed by atoms with Crippen LogP contribution in [0.1, 0.15) is 130 Å². The first-order valence-electron chi connectivity index (χ1n) is 14.3. The van der Waals surface area contributed by atoms with Gasteiger partial charge in [0, 0.05) is 20.3 Å². The van der Waals surface area contributed by atoms with Crippen molar-refractivity contribution >= 4 is 17.7 Å². The zero-order valence-electron chi connectivity index (χ0n) is 23.6. The van der Waals surface area contributed by atoms with Crippen LogP contribution in [0.25, 0.3) is 0 Å². The molecule has 0 radical (unpaired) electrons. The Bertz CT molecular complexity index is 656. The normalized spacial score (nSPS) is 16.2. The molecule has 0 amide bonds. The quantitative estimate of drug-likeness (QED) is 0.0684. The second-order valence-corrected chi connectivity index (χ2v) is 10.3. The Balaban J connectivity index is 4.12. The van der Waals surface area contributed by atoms with Gasteiger partial charge in [-0.1, -0.05) is 90.4 Å². The third-order valence-corrected chi connectivity index (χ3v) is 6.54. The SMILES string of the molecule is CCCCCCCCCCCCCC(O)CCCCC(O)CC(=O)C(O)C(O)(OC(C)=O)C(O)OC(C)=O. The minimum atomic E-state index is -3.22. The summed E-state index contributed by atoms with van der Waals surface area (Å²) in [6, 6.07) is 0. The molecule has 0 aliphatic heterocycles. The van der Waals surface area contributed by atoms with E-state index >= 15 is 0 Å².